The largest absolute Gasteiger partial charge is 0.416 e. The van der Waals surface area contributed by atoms with Crippen LogP contribution in [0.2, 0.25) is 5.02 Å². The lowest BCUT2D eigenvalue weighted by atomic mass is 10.0. The first kappa shape index (κ1) is 28.1. The molecular formula is C30H28ClF4N3O2. The number of hydrogen-bond donors (Lipinski definition) is 1. The maximum atomic E-state index is 14.3. The molecule has 2 fully saturated rings. The molecule has 0 spiro atoms. The van der Waals surface area contributed by atoms with Crippen molar-refractivity contribution in [2.45, 2.75) is 18.6 Å². The molecule has 0 radical (unpaired) electrons. The van der Waals surface area contributed by atoms with E-state index in [1.807, 2.05) is 30.3 Å². The van der Waals surface area contributed by atoms with Gasteiger partial charge < -0.3 is 15.1 Å². The molecule has 2 unspecified atom stereocenters. The zero-order valence-electron chi connectivity index (χ0n) is 21.5. The van der Waals surface area contributed by atoms with Crippen molar-refractivity contribution in [3.63, 3.8) is 0 Å². The highest BCUT2D eigenvalue weighted by molar-refractivity contribution is 6.33. The van der Waals surface area contributed by atoms with E-state index < -0.39 is 35.4 Å². The zero-order chi connectivity index (χ0) is 28.4. The van der Waals surface area contributed by atoms with Crippen molar-refractivity contribution in [3.05, 3.63) is 106 Å². The summed E-state index contributed by atoms with van der Waals surface area (Å²) in [7, 11) is 0. The minimum absolute atomic E-state index is 0.0498. The summed E-state index contributed by atoms with van der Waals surface area (Å²) in [4.78, 5) is 29.9. The maximum absolute atomic E-state index is 14.3. The minimum Gasteiger partial charge on any atom is -0.345 e. The summed E-state index contributed by atoms with van der Waals surface area (Å²) in [6.45, 7) is 3.19. The number of benzene rings is 3. The Kier molecular flexibility index (Phi) is 8.14. The number of halogens is 5. The van der Waals surface area contributed by atoms with Gasteiger partial charge in [0, 0.05) is 38.3 Å². The van der Waals surface area contributed by atoms with Gasteiger partial charge in [0.2, 0.25) is 0 Å². The third-order valence-electron chi connectivity index (χ3n) is 7.72. The van der Waals surface area contributed by atoms with Gasteiger partial charge in [-0.25, -0.2) is 4.39 Å². The highest BCUT2D eigenvalue weighted by Gasteiger charge is 2.42. The van der Waals surface area contributed by atoms with Crippen molar-refractivity contribution in [2.75, 3.05) is 32.7 Å². The molecule has 2 aliphatic rings. The van der Waals surface area contributed by atoms with E-state index in [0.29, 0.717) is 26.1 Å². The van der Waals surface area contributed by atoms with Crippen molar-refractivity contribution in [3.8, 4) is 0 Å². The Morgan fingerprint density at radius 1 is 0.925 bits per heavy atom. The van der Waals surface area contributed by atoms with Crippen LogP contribution in [-0.2, 0) is 6.18 Å². The third kappa shape index (κ3) is 6.15. The van der Waals surface area contributed by atoms with Crippen LogP contribution < -0.4 is 5.32 Å². The van der Waals surface area contributed by atoms with Crippen LogP contribution in [0.3, 0.4) is 0 Å². The van der Waals surface area contributed by atoms with E-state index in [-0.39, 0.29) is 28.0 Å². The standard InChI is InChI=1S/C30H28ClF4N3O2/c31-24-10-5-11-25(32)27(24)29(40)38-17-21-15-37(16-22(21)18-38)13-12-26(19-6-2-1-3-7-19)36-28(39)20-8-4-9-23(14-20)30(33,34)35/h1-11,14,21-22,26H,12-13,15-18H2,(H,36,39)/t21-,22?,26?/m0/s1. The number of alkyl halides is 3. The van der Waals surface area contributed by atoms with Crippen LogP contribution in [0.25, 0.3) is 0 Å². The van der Waals surface area contributed by atoms with E-state index in [0.717, 1.165) is 30.8 Å². The van der Waals surface area contributed by atoms with Crippen LogP contribution >= 0.6 is 11.6 Å². The number of nitrogens with one attached hydrogen (secondary N) is 1. The summed E-state index contributed by atoms with van der Waals surface area (Å²) in [5.41, 5.74) is -0.153. The van der Waals surface area contributed by atoms with E-state index in [2.05, 4.69) is 10.2 Å². The Bertz CT molecular complexity index is 1350. The molecule has 40 heavy (non-hydrogen) atoms. The first-order valence-corrected chi connectivity index (χ1v) is 13.5. The van der Waals surface area contributed by atoms with Gasteiger partial charge >= 0.3 is 6.18 Å². The summed E-state index contributed by atoms with van der Waals surface area (Å²) < 4.78 is 53.7. The topological polar surface area (TPSA) is 52.7 Å². The van der Waals surface area contributed by atoms with Crippen LogP contribution in [0.15, 0.2) is 72.8 Å². The molecule has 2 saturated heterocycles. The van der Waals surface area contributed by atoms with E-state index in [1.54, 1.807) is 4.90 Å². The summed E-state index contributed by atoms with van der Waals surface area (Å²) in [5.74, 6) is -1.12. The number of amides is 2. The van der Waals surface area contributed by atoms with Crippen molar-refractivity contribution >= 4 is 23.4 Å². The molecule has 210 valence electrons. The number of carbonyl (C=O) groups is 2. The molecule has 2 amide bonds. The van der Waals surface area contributed by atoms with Gasteiger partial charge in [0.1, 0.15) is 5.82 Å². The quantitative estimate of drug-likeness (QED) is 0.350. The van der Waals surface area contributed by atoms with E-state index in [1.165, 1.54) is 30.3 Å². The molecule has 10 heteroatoms. The fourth-order valence-electron chi connectivity index (χ4n) is 5.70. The molecule has 5 nitrogen and oxygen atoms in total. The molecule has 3 aromatic rings. The lowest BCUT2D eigenvalue weighted by Gasteiger charge is -2.25. The van der Waals surface area contributed by atoms with E-state index in [4.69, 9.17) is 11.6 Å². The van der Waals surface area contributed by atoms with Crippen molar-refractivity contribution in [2.24, 2.45) is 11.8 Å². The Hall–Kier alpha value is -3.43. The molecule has 1 N–H and O–H groups in total. The van der Waals surface area contributed by atoms with Gasteiger partial charge in [-0.15, -0.1) is 0 Å². The minimum atomic E-state index is -4.54. The zero-order valence-corrected chi connectivity index (χ0v) is 22.3. The molecule has 0 saturated carbocycles. The average molecular weight is 574 g/mol. The number of carbonyl (C=O) groups excluding carboxylic acids is 2. The molecule has 0 aromatic heterocycles. The second kappa shape index (κ2) is 11.6. The van der Waals surface area contributed by atoms with Gasteiger partial charge in [-0.05, 0) is 54.2 Å². The Morgan fingerprint density at radius 2 is 1.60 bits per heavy atom. The third-order valence-corrected chi connectivity index (χ3v) is 8.03. The second-order valence-corrected chi connectivity index (χ2v) is 10.8. The van der Waals surface area contributed by atoms with E-state index in [9.17, 15) is 27.2 Å². The molecule has 2 heterocycles. The van der Waals surface area contributed by atoms with Gasteiger partial charge in [-0.2, -0.15) is 13.2 Å². The van der Waals surface area contributed by atoms with Gasteiger partial charge in [0.25, 0.3) is 11.8 Å². The van der Waals surface area contributed by atoms with Crippen molar-refractivity contribution in [1.29, 1.82) is 0 Å². The second-order valence-electron chi connectivity index (χ2n) is 10.4. The lowest BCUT2D eigenvalue weighted by Crippen LogP contribution is -2.35. The van der Waals surface area contributed by atoms with E-state index >= 15 is 0 Å². The summed E-state index contributed by atoms with van der Waals surface area (Å²) >= 11 is 6.10. The monoisotopic (exact) mass is 573 g/mol. The highest BCUT2D eigenvalue weighted by Crippen LogP contribution is 2.34. The predicted molar refractivity (Wildman–Crippen MR) is 143 cm³/mol. The Morgan fingerprint density at radius 3 is 2.25 bits per heavy atom. The summed E-state index contributed by atoms with van der Waals surface area (Å²) in [6.07, 6.45) is -3.98. The van der Waals surface area contributed by atoms with Gasteiger partial charge in [0.15, 0.2) is 0 Å². The molecule has 0 aliphatic carbocycles. The van der Waals surface area contributed by atoms with Crippen LogP contribution in [-0.4, -0.2) is 54.3 Å². The predicted octanol–water partition coefficient (Wildman–Crippen LogP) is 6.06. The van der Waals surface area contributed by atoms with Gasteiger partial charge in [-0.3, -0.25) is 9.59 Å². The van der Waals surface area contributed by atoms with Crippen LogP contribution in [0.4, 0.5) is 17.6 Å². The smallest absolute Gasteiger partial charge is 0.345 e. The SMILES string of the molecule is O=C(NC(CCN1CC2CN(C(=O)c3c(F)cccc3Cl)C[C@@H]2C1)c1ccccc1)c1cccc(C(F)(F)F)c1. The Labute approximate surface area is 234 Å². The molecule has 3 aromatic carbocycles. The summed E-state index contributed by atoms with van der Waals surface area (Å²) in [6, 6.07) is 17.5. The lowest BCUT2D eigenvalue weighted by molar-refractivity contribution is -0.137. The van der Waals surface area contributed by atoms with Crippen LogP contribution in [0, 0.1) is 17.7 Å². The molecule has 2 aliphatic heterocycles. The highest BCUT2D eigenvalue weighted by atomic mass is 35.5. The van der Waals surface area contributed by atoms with Gasteiger partial charge in [0.05, 0.1) is 22.2 Å². The molecule has 3 atom stereocenters. The van der Waals surface area contributed by atoms with Crippen molar-refractivity contribution in [1.82, 2.24) is 15.1 Å². The number of nitrogens with zero attached hydrogens (tertiary/aromatic N) is 2. The number of hydrogen-bond acceptors (Lipinski definition) is 3. The van der Waals surface area contributed by atoms with Crippen LogP contribution in [0.1, 0.15) is 44.3 Å². The average Bonchev–Trinajstić information content (AvgIpc) is 3.50. The first-order valence-electron chi connectivity index (χ1n) is 13.1. The number of fused-ring (bicyclic) bond motifs is 1. The number of likely N-dealkylation sites (tertiary alicyclic amines) is 2. The summed E-state index contributed by atoms with van der Waals surface area (Å²) in [5, 5.41) is 3.02. The molecular weight excluding hydrogens is 546 g/mol. The van der Waals surface area contributed by atoms with Crippen LogP contribution in [0.5, 0.6) is 0 Å². The molecule has 5 rings (SSSR count). The molecule has 0 bridgehead atoms. The normalized spacial score (nSPS) is 19.9. The Balaban J connectivity index is 1.21. The van der Waals surface area contributed by atoms with Crippen molar-refractivity contribution < 1.29 is 27.2 Å². The van der Waals surface area contributed by atoms with Gasteiger partial charge in [-0.1, -0.05) is 54.1 Å². The first-order chi connectivity index (χ1) is 19.1. The fraction of sp³-hybridized carbons (Fsp3) is 0.333. The number of rotatable bonds is 7. The maximum Gasteiger partial charge on any atom is 0.416 e. The fourth-order valence-corrected chi connectivity index (χ4v) is 5.94.